The van der Waals surface area contributed by atoms with Crippen LogP contribution in [0.25, 0.3) is 0 Å². The lowest BCUT2D eigenvalue weighted by Gasteiger charge is -2.17. The van der Waals surface area contributed by atoms with E-state index in [1.165, 1.54) is 0 Å². The van der Waals surface area contributed by atoms with E-state index in [0.717, 1.165) is 11.3 Å². The lowest BCUT2D eigenvalue weighted by atomic mass is 10.0. The van der Waals surface area contributed by atoms with Crippen LogP contribution in [0.2, 0.25) is 5.02 Å². The smallest absolute Gasteiger partial charge is 0.137 e. The van der Waals surface area contributed by atoms with Gasteiger partial charge in [0.15, 0.2) is 0 Å². The van der Waals surface area contributed by atoms with Gasteiger partial charge >= 0.3 is 0 Å². The number of nitrogens with two attached hydrogens (primary N) is 1. The van der Waals surface area contributed by atoms with Crippen molar-refractivity contribution >= 4 is 11.6 Å². The number of nitrogens with one attached hydrogen (secondary N) is 1. The highest BCUT2D eigenvalue weighted by Crippen LogP contribution is 2.29. The van der Waals surface area contributed by atoms with Crippen molar-refractivity contribution in [3.63, 3.8) is 0 Å². The number of aryl methyl sites for hydroxylation is 1. The molecule has 0 radical (unpaired) electrons. The van der Waals surface area contributed by atoms with E-state index in [0.29, 0.717) is 16.6 Å². The Balaban J connectivity index is 2.42. The van der Waals surface area contributed by atoms with E-state index in [1.807, 2.05) is 25.1 Å². The van der Waals surface area contributed by atoms with Gasteiger partial charge in [-0.25, -0.2) is 15.4 Å². The Morgan fingerprint density at radius 2 is 2.16 bits per heavy atom. The molecule has 1 heterocycles. The quantitative estimate of drug-likeness (QED) is 0.661. The van der Waals surface area contributed by atoms with Crippen molar-refractivity contribution in [2.24, 2.45) is 5.84 Å². The summed E-state index contributed by atoms with van der Waals surface area (Å²) in [5.74, 6) is 6.93. The Hall–Kier alpha value is -1.69. The van der Waals surface area contributed by atoms with Crippen molar-refractivity contribution in [2.45, 2.75) is 13.0 Å². The molecular weight excluding hydrogens is 264 g/mol. The summed E-state index contributed by atoms with van der Waals surface area (Å²) in [6, 6.07) is 7.07. The maximum atomic E-state index is 6.01. The van der Waals surface area contributed by atoms with E-state index in [-0.39, 0.29) is 6.04 Å². The van der Waals surface area contributed by atoms with Gasteiger partial charge in [-0.05, 0) is 30.7 Å². The second-order valence-corrected chi connectivity index (χ2v) is 4.43. The van der Waals surface area contributed by atoms with Crippen LogP contribution in [0.3, 0.4) is 0 Å². The van der Waals surface area contributed by atoms with Crippen LogP contribution in [0.15, 0.2) is 30.5 Å². The van der Waals surface area contributed by atoms with E-state index in [9.17, 15) is 0 Å². The van der Waals surface area contributed by atoms with Crippen LogP contribution in [-0.4, -0.2) is 17.1 Å². The molecule has 3 N–H and O–H groups in total. The monoisotopic (exact) mass is 278 g/mol. The minimum Gasteiger partial charge on any atom is -0.495 e. The molecule has 2 aromatic rings. The molecule has 0 fully saturated rings. The number of aromatic nitrogens is 2. The Morgan fingerprint density at radius 1 is 1.37 bits per heavy atom. The zero-order chi connectivity index (χ0) is 13.8. The summed E-state index contributed by atoms with van der Waals surface area (Å²) in [7, 11) is 1.57. The summed E-state index contributed by atoms with van der Waals surface area (Å²) in [5.41, 5.74) is 4.45. The molecule has 100 valence electrons. The van der Waals surface area contributed by atoms with Gasteiger partial charge in [-0.1, -0.05) is 17.7 Å². The standard InChI is InChI=1S/C13H15ClN4O/c1-8-16-6-5-11(17-8)13(18-15)9-3-4-10(14)12(7-9)19-2/h3-7,13,18H,15H2,1-2H3. The number of nitrogens with zero attached hydrogens (tertiary/aromatic N) is 2. The van der Waals surface area contributed by atoms with Crippen molar-refractivity contribution in [1.82, 2.24) is 15.4 Å². The highest BCUT2D eigenvalue weighted by atomic mass is 35.5. The molecule has 19 heavy (non-hydrogen) atoms. The fourth-order valence-electron chi connectivity index (χ4n) is 1.84. The highest BCUT2D eigenvalue weighted by Gasteiger charge is 2.16. The molecule has 2 rings (SSSR count). The maximum absolute atomic E-state index is 6.01. The molecule has 0 aliphatic carbocycles. The predicted molar refractivity (Wildman–Crippen MR) is 73.9 cm³/mol. The van der Waals surface area contributed by atoms with E-state index in [2.05, 4.69) is 15.4 Å². The van der Waals surface area contributed by atoms with Crippen LogP contribution in [-0.2, 0) is 0 Å². The number of methoxy groups -OCH3 is 1. The summed E-state index contributed by atoms with van der Waals surface area (Å²) in [6.07, 6.45) is 1.70. The molecule has 1 aromatic carbocycles. The number of halogens is 1. The SMILES string of the molecule is COc1cc(C(NN)c2ccnc(C)n2)ccc1Cl. The third-order valence-corrected chi connectivity index (χ3v) is 3.08. The second kappa shape index (κ2) is 5.97. The zero-order valence-electron chi connectivity index (χ0n) is 10.7. The van der Waals surface area contributed by atoms with Crippen LogP contribution < -0.4 is 16.0 Å². The molecule has 0 saturated carbocycles. The van der Waals surface area contributed by atoms with Gasteiger partial charge in [-0.15, -0.1) is 0 Å². The molecule has 5 nitrogen and oxygen atoms in total. The number of rotatable bonds is 4. The van der Waals surface area contributed by atoms with Gasteiger partial charge in [0.2, 0.25) is 0 Å². The minimum absolute atomic E-state index is 0.243. The first-order valence-electron chi connectivity index (χ1n) is 5.75. The Labute approximate surface area is 116 Å². The van der Waals surface area contributed by atoms with Gasteiger partial charge in [0.1, 0.15) is 11.6 Å². The van der Waals surface area contributed by atoms with Crippen LogP contribution in [0.1, 0.15) is 23.1 Å². The molecular formula is C13H15ClN4O. The molecule has 0 spiro atoms. The average Bonchev–Trinajstić information content (AvgIpc) is 2.41. The van der Waals surface area contributed by atoms with Gasteiger partial charge in [0.25, 0.3) is 0 Å². The van der Waals surface area contributed by atoms with E-state index < -0.39 is 0 Å². The number of benzene rings is 1. The van der Waals surface area contributed by atoms with Crippen molar-refractivity contribution in [3.05, 3.63) is 52.6 Å². The molecule has 0 bridgehead atoms. The summed E-state index contributed by atoms with van der Waals surface area (Å²) >= 11 is 6.01. The summed E-state index contributed by atoms with van der Waals surface area (Å²) in [4.78, 5) is 8.44. The van der Waals surface area contributed by atoms with Gasteiger partial charge in [-0.3, -0.25) is 5.84 Å². The maximum Gasteiger partial charge on any atom is 0.137 e. The lowest BCUT2D eigenvalue weighted by Crippen LogP contribution is -2.29. The fourth-order valence-corrected chi connectivity index (χ4v) is 2.04. The third kappa shape index (κ3) is 3.01. The summed E-state index contributed by atoms with van der Waals surface area (Å²) < 4.78 is 5.21. The van der Waals surface area contributed by atoms with Crippen molar-refractivity contribution in [3.8, 4) is 5.75 Å². The highest BCUT2D eigenvalue weighted by molar-refractivity contribution is 6.32. The fraction of sp³-hybridized carbons (Fsp3) is 0.231. The predicted octanol–water partition coefficient (Wildman–Crippen LogP) is 2.00. The molecule has 1 unspecified atom stereocenters. The van der Waals surface area contributed by atoms with Crippen LogP contribution >= 0.6 is 11.6 Å². The molecule has 1 aromatic heterocycles. The molecule has 0 saturated heterocycles. The summed E-state index contributed by atoms with van der Waals surface area (Å²) in [5, 5.41) is 0.556. The van der Waals surface area contributed by atoms with Gasteiger partial charge < -0.3 is 4.74 Å². The Kier molecular flexibility index (Phi) is 4.31. The van der Waals surface area contributed by atoms with Gasteiger partial charge in [0, 0.05) is 6.20 Å². The molecule has 0 aliphatic rings. The van der Waals surface area contributed by atoms with E-state index in [1.54, 1.807) is 19.4 Å². The first-order chi connectivity index (χ1) is 9.15. The van der Waals surface area contributed by atoms with Crippen LogP contribution in [0.4, 0.5) is 0 Å². The second-order valence-electron chi connectivity index (χ2n) is 4.02. The minimum atomic E-state index is -0.243. The van der Waals surface area contributed by atoms with E-state index in [4.69, 9.17) is 22.2 Å². The molecule has 0 amide bonds. The average molecular weight is 279 g/mol. The first-order valence-corrected chi connectivity index (χ1v) is 6.12. The molecule has 6 heteroatoms. The number of ether oxygens (including phenoxy) is 1. The van der Waals surface area contributed by atoms with Gasteiger partial charge in [0.05, 0.1) is 23.9 Å². The largest absolute Gasteiger partial charge is 0.495 e. The third-order valence-electron chi connectivity index (χ3n) is 2.77. The Bertz CT molecular complexity index is 576. The molecule has 1 atom stereocenters. The normalized spacial score (nSPS) is 12.2. The molecule has 0 aliphatic heterocycles. The zero-order valence-corrected chi connectivity index (χ0v) is 11.5. The van der Waals surface area contributed by atoms with Crippen molar-refractivity contribution < 1.29 is 4.74 Å². The van der Waals surface area contributed by atoms with Crippen LogP contribution in [0, 0.1) is 6.92 Å². The number of hydrogen-bond donors (Lipinski definition) is 2. The van der Waals surface area contributed by atoms with Crippen LogP contribution in [0.5, 0.6) is 5.75 Å². The lowest BCUT2D eigenvalue weighted by molar-refractivity contribution is 0.414. The number of hydrogen-bond acceptors (Lipinski definition) is 5. The topological polar surface area (TPSA) is 73.1 Å². The van der Waals surface area contributed by atoms with Gasteiger partial charge in [-0.2, -0.15) is 0 Å². The van der Waals surface area contributed by atoms with Crippen molar-refractivity contribution in [2.75, 3.05) is 7.11 Å². The first kappa shape index (κ1) is 13.7. The number of hydrazine groups is 1. The summed E-state index contributed by atoms with van der Waals surface area (Å²) in [6.45, 7) is 1.83. The Morgan fingerprint density at radius 3 is 2.79 bits per heavy atom. The van der Waals surface area contributed by atoms with Crippen molar-refractivity contribution in [1.29, 1.82) is 0 Å². The van der Waals surface area contributed by atoms with E-state index >= 15 is 0 Å².